The molecule has 65 heavy (non-hydrogen) atoms. The summed E-state index contributed by atoms with van der Waals surface area (Å²) >= 11 is 1.93. The van der Waals surface area contributed by atoms with E-state index in [2.05, 4.69) is 202 Å². The fraction of sp³-hybridized carbons (Fsp3) is 0.250. The minimum absolute atomic E-state index is 0.476. The molecule has 0 amide bonds. The second kappa shape index (κ2) is 26.1. The average Bonchev–Trinajstić information content (AvgIpc) is 3.71. The quantitative estimate of drug-likeness (QED) is 0.127. The number of thiophene rings is 1. The molecule has 0 saturated carbocycles. The molecule has 336 valence electrons. The van der Waals surface area contributed by atoms with E-state index in [1.165, 1.54) is 86.9 Å². The van der Waals surface area contributed by atoms with Gasteiger partial charge in [0, 0.05) is 25.7 Å². The van der Waals surface area contributed by atoms with Crippen molar-refractivity contribution in [3.63, 3.8) is 0 Å². The molecule has 0 fully saturated rings. The second-order valence-corrected chi connectivity index (χ2v) is 18.0. The highest BCUT2D eigenvalue weighted by Gasteiger charge is 2.23. The van der Waals surface area contributed by atoms with Crippen molar-refractivity contribution < 1.29 is 0 Å². The summed E-state index contributed by atoms with van der Waals surface area (Å²) in [6.45, 7) is 33.9. The van der Waals surface area contributed by atoms with E-state index >= 15 is 0 Å². The van der Waals surface area contributed by atoms with Crippen LogP contribution in [-0.4, -0.2) is 0 Å². The number of rotatable bonds is 9. The fourth-order valence-corrected chi connectivity index (χ4v) is 9.29. The van der Waals surface area contributed by atoms with Gasteiger partial charge in [-0.2, -0.15) is 0 Å². The van der Waals surface area contributed by atoms with Crippen LogP contribution in [0.4, 0.5) is 0 Å². The Bertz CT molecular complexity index is 2740. The molecule has 0 aliphatic rings. The van der Waals surface area contributed by atoms with Crippen LogP contribution < -0.4 is 0 Å². The first-order chi connectivity index (χ1) is 31.4. The molecule has 0 radical (unpaired) electrons. The Hall–Kier alpha value is -6.02. The molecule has 8 aromatic rings. The lowest BCUT2D eigenvalue weighted by molar-refractivity contribution is 0.717. The van der Waals surface area contributed by atoms with E-state index in [4.69, 9.17) is 0 Å². The zero-order valence-electron chi connectivity index (χ0n) is 41.6. The summed E-state index contributed by atoms with van der Waals surface area (Å²) in [5.41, 5.74) is 18.6. The predicted molar refractivity (Wildman–Crippen MR) is 295 cm³/mol. The van der Waals surface area contributed by atoms with Gasteiger partial charge in [0.1, 0.15) is 0 Å². The van der Waals surface area contributed by atoms with E-state index in [1.807, 2.05) is 75.4 Å². The van der Waals surface area contributed by atoms with Gasteiger partial charge in [-0.25, -0.2) is 0 Å². The minimum Gasteiger partial charge on any atom is -0.135 e. The van der Waals surface area contributed by atoms with E-state index in [0.29, 0.717) is 11.8 Å². The summed E-state index contributed by atoms with van der Waals surface area (Å²) in [6.07, 6.45) is 4.48. The molecule has 0 aliphatic carbocycles. The van der Waals surface area contributed by atoms with E-state index in [9.17, 15) is 0 Å². The highest BCUT2D eigenvalue weighted by atomic mass is 32.1. The topological polar surface area (TPSA) is 0 Å². The van der Waals surface area contributed by atoms with Crippen LogP contribution in [0.1, 0.15) is 113 Å². The van der Waals surface area contributed by atoms with E-state index in [0.717, 1.165) is 24.0 Å². The molecular weight excluding hydrogens is 801 g/mol. The standard InChI is InChI=1S/C31H30S.C15H20.C9H10.C7H8.C2H6/c1-6-19(2)28-26(18-16-21(4)29(28)23-12-8-7-11-20(23)3)30-22(5)15-17-25-24-13-9-10-14-27(24)32-31(25)30;1-5-13(4)15(11-12(2)3)14-9-7-6-8-10-14;1-8(2)9-6-4-3-5-7-9;1-7-5-3-2-4-6-7;1-2/h7-19H,6H2,1-5H3;6-11,13H,2,5H2,1,3-4H3;3-7H,1H2,2H3;2-6H,1H3;1-2H3/b;15-11+;;;. The molecule has 2 atom stereocenters. The third kappa shape index (κ3) is 14.0. The van der Waals surface area contributed by atoms with Crippen LogP contribution >= 0.6 is 11.3 Å². The molecule has 0 aliphatic heterocycles. The molecule has 7 aromatic carbocycles. The number of hydrogen-bond acceptors (Lipinski definition) is 1. The fourth-order valence-electron chi connectivity index (χ4n) is 7.98. The minimum atomic E-state index is 0.476. The number of benzene rings is 7. The molecule has 0 nitrogen and oxygen atoms in total. The first kappa shape index (κ1) is 51.6. The lowest BCUT2D eigenvalue weighted by Gasteiger charge is -2.24. The van der Waals surface area contributed by atoms with Gasteiger partial charge in [-0.15, -0.1) is 11.3 Å². The Balaban J connectivity index is 0.000000230. The van der Waals surface area contributed by atoms with E-state index in [1.54, 1.807) is 0 Å². The highest BCUT2D eigenvalue weighted by molar-refractivity contribution is 7.26. The van der Waals surface area contributed by atoms with Crippen molar-refractivity contribution in [3.8, 4) is 22.3 Å². The van der Waals surface area contributed by atoms with Crippen LogP contribution in [0, 0.1) is 33.6 Å². The van der Waals surface area contributed by atoms with Crippen LogP contribution in [0.25, 0.3) is 53.6 Å². The van der Waals surface area contributed by atoms with Crippen molar-refractivity contribution in [2.75, 3.05) is 0 Å². The third-order valence-corrected chi connectivity index (χ3v) is 13.1. The van der Waals surface area contributed by atoms with Gasteiger partial charge >= 0.3 is 0 Å². The van der Waals surface area contributed by atoms with E-state index in [-0.39, 0.29) is 0 Å². The maximum Gasteiger partial charge on any atom is 0.0436 e. The lowest BCUT2D eigenvalue weighted by Crippen LogP contribution is -2.03. The van der Waals surface area contributed by atoms with Crippen molar-refractivity contribution >= 4 is 42.7 Å². The Kier molecular flexibility index (Phi) is 20.7. The molecule has 1 aromatic heterocycles. The van der Waals surface area contributed by atoms with Crippen LogP contribution in [0.5, 0.6) is 0 Å². The van der Waals surface area contributed by atoms with Crippen molar-refractivity contribution in [2.24, 2.45) is 5.92 Å². The Labute approximate surface area is 398 Å². The SMILES string of the molecule is C=C(C)/C=C(/c1ccccc1)C(C)CC.C=C(C)c1ccccc1.CC.CCC(C)c1c(-c2c(C)ccc3c2sc2ccccc23)ccc(C)c1-c1ccccc1C.Cc1ccccc1. The number of fused-ring (bicyclic) bond motifs is 3. The average molecular weight is 875 g/mol. The summed E-state index contributed by atoms with van der Waals surface area (Å²) in [7, 11) is 0. The van der Waals surface area contributed by atoms with Gasteiger partial charge in [-0.05, 0) is 128 Å². The molecule has 2 unspecified atom stereocenters. The normalized spacial score (nSPS) is 11.6. The first-order valence-corrected chi connectivity index (χ1v) is 24.4. The highest BCUT2D eigenvalue weighted by Crippen LogP contribution is 2.47. The third-order valence-electron chi connectivity index (χ3n) is 11.9. The second-order valence-electron chi connectivity index (χ2n) is 17.0. The van der Waals surface area contributed by atoms with Gasteiger partial charge in [0.2, 0.25) is 0 Å². The monoisotopic (exact) mass is 875 g/mol. The van der Waals surface area contributed by atoms with Gasteiger partial charge < -0.3 is 0 Å². The molecule has 0 spiro atoms. The molecule has 1 heteroatoms. The zero-order valence-corrected chi connectivity index (χ0v) is 42.4. The Morgan fingerprint density at radius 2 is 1.05 bits per heavy atom. The first-order valence-electron chi connectivity index (χ1n) is 23.6. The molecule has 8 rings (SSSR count). The number of allylic oxidation sites excluding steroid dienone is 4. The smallest absolute Gasteiger partial charge is 0.0436 e. The van der Waals surface area contributed by atoms with Crippen molar-refractivity contribution in [2.45, 2.75) is 102 Å². The molecule has 0 bridgehead atoms. The predicted octanol–water partition coefficient (Wildman–Crippen LogP) is 20.3. The zero-order chi connectivity index (χ0) is 47.5. The van der Waals surface area contributed by atoms with Crippen molar-refractivity contribution in [1.29, 1.82) is 0 Å². The van der Waals surface area contributed by atoms with Gasteiger partial charge in [-0.3, -0.25) is 0 Å². The summed E-state index contributed by atoms with van der Waals surface area (Å²) in [5, 5.41) is 2.74. The Morgan fingerprint density at radius 1 is 0.523 bits per heavy atom. The van der Waals surface area contributed by atoms with Crippen molar-refractivity contribution in [3.05, 3.63) is 228 Å². The van der Waals surface area contributed by atoms with Crippen molar-refractivity contribution in [1.82, 2.24) is 0 Å². The summed E-state index contributed by atoms with van der Waals surface area (Å²) < 4.78 is 2.78. The maximum absolute atomic E-state index is 3.96. The van der Waals surface area contributed by atoms with Gasteiger partial charge in [0.15, 0.2) is 0 Å². The Morgan fingerprint density at radius 3 is 1.57 bits per heavy atom. The van der Waals surface area contributed by atoms with E-state index < -0.39 is 0 Å². The lowest BCUT2D eigenvalue weighted by atomic mass is 9.80. The summed E-state index contributed by atoms with van der Waals surface area (Å²) in [6, 6.07) is 58.0. The van der Waals surface area contributed by atoms with Crippen LogP contribution in [0.3, 0.4) is 0 Å². The molecule has 0 saturated heterocycles. The largest absolute Gasteiger partial charge is 0.135 e. The number of aryl methyl sites for hydroxylation is 4. The molecule has 1 heterocycles. The maximum atomic E-state index is 3.96. The summed E-state index contributed by atoms with van der Waals surface area (Å²) in [4.78, 5) is 0. The van der Waals surface area contributed by atoms with Crippen LogP contribution in [-0.2, 0) is 0 Å². The van der Waals surface area contributed by atoms with Gasteiger partial charge in [0.25, 0.3) is 0 Å². The van der Waals surface area contributed by atoms with Gasteiger partial charge in [0.05, 0.1) is 0 Å². The molecular formula is C64H74S. The number of hydrogen-bond donors (Lipinski definition) is 0. The van der Waals surface area contributed by atoms with Gasteiger partial charge in [-0.1, -0.05) is 235 Å². The summed E-state index contributed by atoms with van der Waals surface area (Å²) in [5.74, 6) is 1.06. The van der Waals surface area contributed by atoms with Crippen LogP contribution in [0.15, 0.2) is 189 Å². The molecule has 0 N–H and O–H groups in total. The van der Waals surface area contributed by atoms with Crippen LogP contribution in [0.2, 0.25) is 0 Å².